The van der Waals surface area contributed by atoms with Crippen LogP contribution in [0.4, 0.5) is 15.8 Å². The molecule has 0 radical (unpaired) electrons. The molecule has 0 bridgehead atoms. The minimum atomic E-state index is -0.807. The Balaban J connectivity index is 1.77. The molecule has 1 N–H and O–H groups in total. The molecule has 1 aromatic rings. The van der Waals surface area contributed by atoms with Crippen molar-refractivity contribution in [2.75, 3.05) is 11.9 Å². The molecule has 0 spiro atoms. The van der Waals surface area contributed by atoms with Crippen molar-refractivity contribution in [3.8, 4) is 0 Å². The van der Waals surface area contributed by atoms with E-state index >= 15 is 0 Å². The molecule has 21 heavy (non-hydrogen) atoms. The van der Waals surface area contributed by atoms with Crippen LogP contribution in [0.2, 0.25) is 0 Å². The van der Waals surface area contributed by atoms with E-state index in [-0.39, 0.29) is 17.6 Å². The zero-order valence-corrected chi connectivity index (χ0v) is 12.1. The van der Waals surface area contributed by atoms with E-state index in [4.69, 9.17) is 4.74 Å². The maximum absolute atomic E-state index is 13.7. The minimum Gasteiger partial charge on any atom is -0.381 e. The normalized spacial score (nSPS) is 30.1. The third-order valence-corrected chi connectivity index (χ3v) is 4.80. The van der Waals surface area contributed by atoms with E-state index in [0.29, 0.717) is 11.6 Å². The van der Waals surface area contributed by atoms with Crippen LogP contribution in [0, 0.1) is 27.3 Å². The SMILES string of the molecule is CC1(C)C(Nc2ccc([N+](=O)[O-])c(F)c2)C2CCCOC21. The monoisotopic (exact) mass is 294 g/mol. The number of anilines is 1. The molecule has 0 aromatic heterocycles. The summed E-state index contributed by atoms with van der Waals surface area (Å²) in [6.07, 6.45) is 2.39. The zero-order valence-electron chi connectivity index (χ0n) is 12.1. The maximum Gasteiger partial charge on any atom is 0.304 e. The molecule has 1 aliphatic heterocycles. The first-order valence-electron chi connectivity index (χ1n) is 7.23. The van der Waals surface area contributed by atoms with Gasteiger partial charge in [0.25, 0.3) is 0 Å². The fourth-order valence-corrected chi connectivity index (χ4v) is 3.74. The topological polar surface area (TPSA) is 64.4 Å². The van der Waals surface area contributed by atoms with Crippen molar-refractivity contribution in [1.29, 1.82) is 0 Å². The van der Waals surface area contributed by atoms with Crippen LogP contribution in [0.5, 0.6) is 0 Å². The van der Waals surface area contributed by atoms with Crippen molar-refractivity contribution < 1.29 is 14.1 Å². The van der Waals surface area contributed by atoms with Gasteiger partial charge < -0.3 is 10.1 Å². The molecule has 3 unspecified atom stereocenters. The average molecular weight is 294 g/mol. The van der Waals surface area contributed by atoms with Gasteiger partial charge >= 0.3 is 5.69 Å². The molecule has 0 amide bonds. The lowest BCUT2D eigenvalue weighted by atomic mass is 9.55. The largest absolute Gasteiger partial charge is 0.381 e. The molecule has 3 rings (SSSR count). The van der Waals surface area contributed by atoms with Gasteiger partial charge in [-0.25, -0.2) is 0 Å². The summed E-state index contributed by atoms with van der Waals surface area (Å²) in [4.78, 5) is 9.93. The molecule has 1 aliphatic carbocycles. The number of nitro benzene ring substituents is 1. The van der Waals surface area contributed by atoms with Gasteiger partial charge in [0.05, 0.1) is 11.0 Å². The van der Waals surface area contributed by atoms with Crippen LogP contribution >= 0.6 is 0 Å². The van der Waals surface area contributed by atoms with Crippen molar-refractivity contribution in [3.63, 3.8) is 0 Å². The van der Waals surface area contributed by atoms with Crippen LogP contribution < -0.4 is 5.32 Å². The molecule has 1 aromatic carbocycles. The number of hydrogen-bond acceptors (Lipinski definition) is 4. The van der Waals surface area contributed by atoms with Crippen LogP contribution in [0.3, 0.4) is 0 Å². The predicted octanol–water partition coefficient (Wildman–Crippen LogP) is 3.35. The van der Waals surface area contributed by atoms with Crippen molar-refractivity contribution >= 4 is 11.4 Å². The summed E-state index contributed by atoms with van der Waals surface area (Å²) in [5.41, 5.74) is 0.0658. The number of halogens is 1. The summed E-state index contributed by atoms with van der Waals surface area (Å²) in [6.45, 7) is 5.08. The number of benzene rings is 1. The quantitative estimate of drug-likeness (QED) is 0.686. The van der Waals surface area contributed by atoms with Crippen LogP contribution in [0.1, 0.15) is 26.7 Å². The van der Waals surface area contributed by atoms with Gasteiger partial charge in [0, 0.05) is 41.8 Å². The summed E-state index contributed by atoms with van der Waals surface area (Å²) >= 11 is 0. The van der Waals surface area contributed by atoms with E-state index in [1.807, 2.05) is 0 Å². The highest BCUT2D eigenvalue weighted by atomic mass is 19.1. The van der Waals surface area contributed by atoms with Gasteiger partial charge in [-0.15, -0.1) is 0 Å². The van der Waals surface area contributed by atoms with E-state index in [1.165, 1.54) is 12.1 Å². The Morgan fingerprint density at radius 1 is 1.48 bits per heavy atom. The fourth-order valence-electron chi connectivity index (χ4n) is 3.74. The van der Waals surface area contributed by atoms with Crippen molar-refractivity contribution in [2.24, 2.45) is 11.3 Å². The van der Waals surface area contributed by atoms with Crippen LogP contribution in [0.15, 0.2) is 18.2 Å². The van der Waals surface area contributed by atoms with Gasteiger partial charge in [-0.05, 0) is 18.9 Å². The second kappa shape index (κ2) is 4.94. The Morgan fingerprint density at radius 3 is 2.90 bits per heavy atom. The Hall–Kier alpha value is -1.69. The molecule has 3 atom stereocenters. The van der Waals surface area contributed by atoms with E-state index in [1.54, 1.807) is 6.07 Å². The fraction of sp³-hybridized carbons (Fsp3) is 0.600. The molecule has 6 heteroatoms. The summed E-state index contributed by atoms with van der Waals surface area (Å²) in [5, 5.41) is 14.0. The average Bonchev–Trinajstić information content (AvgIpc) is 2.44. The molecule has 1 saturated carbocycles. The second-order valence-electron chi connectivity index (χ2n) is 6.46. The summed E-state index contributed by atoms with van der Waals surface area (Å²) < 4.78 is 19.5. The zero-order chi connectivity index (χ0) is 15.2. The first kappa shape index (κ1) is 14.3. The van der Waals surface area contributed by atoms with Gasteiger partial charge in [0.2, 0.25) is 5.82 Å². The number of ether oxygens (including phenoxy) is 1. The van der Waals surface area contributed by atoms with Gasteiger partial charge in [0.15, 0.2) is 0 Å². The van der Waals surface area contributed by atoms with Crippen molar-refractivity contribution in [2.45, 2.75) is 38.8 Å². The lowest BCUT2D eigenvalue weighted by molar-refractivity contribution is -0.387. The van der Waals surface area contributed by atoms with Gasteiger partial charge in [-0.3, -0.25) is 10.1 Å². The molecule has 1 heterocycles. The maximum atomic E-state index is 13.7. The van der Waals surface area contributed by atoms with Crippen molar-refractivity contribution in [3.05, 3.63) is 34.1 Å². The first-order valence-corrected chi connectivity index (χ1v) is 7.23. The minimum absolute atomic E-state index is 0.0245. The molecule has 5 nitrogen and oxygen atoms in total. The summed E-state index contributed by atoms with van der Waals surface area (Å²) in [6, 6.07) is 4.17. The highest BCUT2D eigenvalue weighted by molar-refractivity contribution is 5.51. The molecule has 2 aliphatic rings. The molecule has 114 valence electrons. The molecular weight excluding hydrogens is 275 g/mol. The van der Waals surface area contributed by atoms with Crippen molar-refractivity contribution in [1.82, 2.24) is 0 Å². The van der Waals surface area contributed by atoms with Crippen LogP contribution in [-0.2, 0) is 4.74 Å². The van der Waals surface area contributed by atoms with E-state index in [9.17, 15) is 14.5 Å². The van der Waals surface area contributed by atoms with Gasteiger partial charge in [-0.1, -0.05) is 13.8 Å². The van der Waals surface area contributed by atoms with E-state index in [2.05, 4.69) is 19.2 Å². The number of rotatable bonds is 3. The smallest absolute Gasteiger partial charge is 0.304 e. The third-order valence-electron chi connectivity index (χ3n) is 4.80. The Labute approximate surface area is 122 Å². The van der Waals surface area contributed by atoms with E-state index in [0.717, 1.165) is 19.4 Å². The lowest BCUT2D eigenvalue weighted by Gasteiger charge is -2.60. The lowest BCUT2D eigenvalue weighted by Crippen LogP contribution is -2.67. The molecular formula is C15H19FN2O3. The predicted molar refractivity (Wildman–Crippen MR) is 76.7 cm³/mol. The third kappa shape index (κ3) is 2.27. The standard InChI is InChI=1S/C15H19FN2O3/c1-15(2)13(10-4-3-7-21-14(10)15)17-9-5-6-12(18(19)20)11(16)8-9/h5-6,8,10,13-14,17H,3-4,7H2,1-2H3. The van der Waals surface area contributed by atoms with Crippen LogP contribution in [0.25, 0.3) is 0 Å². The summed E-state index contributed by atoms with van der Waals surface area (Å²) in [5.74, 6) is -0.384. The number of fused-ring (bicyclic) bond motifs is 1. The molecule has 1 saturated heterocycles. The Kier molecular flexibility index (Phi) is 3.36. The Morgan fingerprint density at radius 2 is 2.24 bits per heavy atom. The van der Waals surface area contributed by atoms with E-state index < -0.39 is 16.4 Å². The first-order chi connectivity index (χ1) is 9.91. The summed E-state index contributed by atoms with van der Waals surface area (Å²) in [7, 11) is 0. The highest BCUT2D eigenvalue weighted by Gasteiger charge is 2.57. The number of nitro groups is 1. The van der Waals surface area contributed by atoms with Crippen LogP contribution in [-0.4, -0.2) is 23.7 Å². The Bertz CT molecular complexity index is 576. The van der Waals surface area contributed by atoms with Gasteiger partial charge in [-0.2, -0.15) is 4.39 Å². The number of nitrogens with one attached hydrogen (secondary N) is 1. The number of hydrogen-bond donors (Lipinski definition) is 1. The highest BCUT2D eigenvalue weighted by Crippen LogP contribution is 2.52. The van der Waals surface area contributed by atoms with Gasteiger partial charge in [0.1, 0.15) is 0 Å². The number of nitrogens with zero attached hydrogens (tertiary/aromatic N) is 1. The second-order valence-corrected chi connectivity index (χ2v) is 6.46. The molecule has 2 fully saturated rings.